The zero-order valence-electron chi connectivity index (χ0n) is 9.58. The fourth-order valence-corrected chi connectivity index (χ4v) is 1.94. The highest BCUT2D eigenvalue weighted by molar-refractivity contribution is 5.78. The van der Waals surface area contributed by atoms with Crippen LogP contribution in [-0.2, 0) is 9.53 Å². The third-order valence-electron chi connectivity index (χ3n) is 3.11. The molecule has 4 heteroatoms. The number of aliphatic carboxylic acids is 1. The van der Waals surface area contributed by atoms with Crippen LogP contribution in [0.4, 0.5) is 0 Å². The van der Waals surface area contributed by atoms with Gasteiger partial charge in [0.25, 0.3) is 0 Å². The van der Waals surface area contributed by atoms with Gasteiger partial charge < -0.3 is 9.84 Å². The van der Waals surface area contributed by atoms with E-state index in [4.69, 9.17) is 4.74 Å². The molecular formula is C11H21NO3. The number of carboxylic acids is 1. The molecule has 4 nitrogen and oxygen atoms in total. The molecule has 0 radical (unpaired) electrons. The molecule has 2 N–H and O–H groups in total. The van der Waals surface area contributed by atoms with Crippen LogP contribution in [0.1, 0.15) is 39.5 Å². The van der Waals surface area contributed by atoms with Crippen molar-refractivity contribution in [2.75, 3.05) is 13.2 Å². The monoisotopic (exact) mass is 215 g/mol. The van der Waals surface area contributed by atoms with Gasteiger partial charge in [-0.1, -0.05) is 6.92 Å². The van der Waals surface area contributed by atoms with Crippen LogP contribution < -0.4 is 5.32 Å². The van der Waals surface area contributed by atoms with Gasteiger partial charge >= 0.3 is 5.97 Å². The van der Waals surface area contributed by atoms with E-state index in [1.54, 1.807) is 0 Å². The summed E-state index contributed by atoms with van der Waals surface area (Å²) in [5.74, 6) is -0.742. The summed E-state index contributed by atoms with van der Waals surface area (Å²) < 4.78 is 5.31. The summed E-state index contributed by atoms with van der Waals surface area (Å²) in [7, 11) is 0. The Kier molecular flexibility index (Phi) is 4.54. The van der Waals surface area contributed by atoms with Gasteiger partial charge in [0.15, 0.2) is 0 Å². The standard InChI is InChI=1S/C11H21NO3/c1-3-9(2)12-11(10(13)14)5-4-7-15-8-6-11/h9,12H,3-8H2,1-2H3,(H,13,14). The second kappa shape index (κ2) is 5.47. The second-order valence-electron chi connectivity index (χ2n) is 4.31. The molecule has 88 valence electrons. The van der Waals surface area contributed by atoms with Crippen LogP contribution in [-0.4, -0.2) is 35.9 Å². The lowest BCUT2D eigenvalue weighted by atomic mass is 9.89. The smallest absolute Gasteiger partial charge is 0.323 e. The number of rotatable bonds is 4. The molecule has 1 fully saturated rings. The molecular weight excluding hydrogens is 194 g/mol. The van der Waals surface area contributed by atoms with Crippen LogP contribution in [0.3, 0.4) is 0 Å². The van der Waals surface area contributed by atoms with Crippen molar-refractivity contribution in [3.05, 3.63) is 0 Å². The van der Waals surface area contributed by atoms with Crippen molar-refractivity contribution >= 4 is 5.97 Å². The molecule has 1 saturated heterocycles. The lowest BCUT2D eigenvalue weighted by Gasteiger charge is -2.32. The minimum atomic E-state index is -0.772. The summed E-state index contributed by atoms with van der Waals surface area (Å²) in [5.41, 5.74) is -0.772. The Bertz CT molecular complexity index is 210. The lowest BCUT2D eigenvalue weighted by molar-refractivity contribution is -0.146. The molecule has 1 rings (SSSR count). The number of hydrogen-bond acceptors (Lipinski definition) is 3. The number of carbonyl (C=O) groups is 1. The van der Waals surface area contributed by atoms with E-state index in [0.717, 1.165) is 12.8 Å². The average molecular weight is 215 g/mol. The van der Waals surface area contributed by atoms with Gasteiger partial charge in [0, 0.05) is 19.3 Å². The van der Waals surface area contributed by atoms with Gasteiger partial charge in [0.2, 0.25) is 0 Å². The Morgan fingerprint density at radius 3 is 2.87 bits per heavy atom. The highest BCUT2D eigenvalue weighted by Crippen LogP contribution is 2.22. The number of ether oxygens (including phenoxy) is 1. The molecule has 0 spiro atoms. The molecule has 0 aromatic heterocycles. The van der Waals surface area contributed by atoms with Gasteiger partial charge in [-0.3, -0.25) is 10.1 Å². The first-order valence-electron chi connectivity index (χ1n) is 5.69. The van der Waals surface area contributed by atoms with E-state index in [1.807, 2.05) is 6.92 Å². The molecule has 0 aromatic rings. The Morgan fingerprint density at radius 1 is 1.53 bits per heavy atom. The summed E-state index contributed by atoms with van der Waals surface area (Å²) in [4.78, 5) is 11.4. The van der Waals surface area contributed by atoms with Gasteiger partial charge in [-0.2, -0.15) is 0 Å². The number of hydrogen-bond donors (Lipinski definition) is 2. The van der Waals surface area contributed by atoms with E-state index in [9.17, 15) is 9.90 Å². The molecule has 2 atom stereocenters. The number of nitrogens with one attached hydrogen (secondary N) is 1. The third kappa shape index (κ3) is 3.18. The largest absolute Gasteiger partial charge is 0.480 e. The van der Waals surface area contributed by atoms with Crippen molar-refractivity contribution in [3.63, 3.8) is 0 Å². The molecule has 0 saturated carbocycles. The van der Waals surface area contributed by atoms with Crippen LogP contribution in [0.25, 0.3) is 0 Å². The maximum atomic E-state index is 11.4. The Hall–Kier alpha value is -0.610. The van der Waals surface area contributed by atoms with Crippen LogP contribution in [0.5, 0.6) is 0 Å². The number of carboxylic acid groups (broad SMARTS) is 1. The van der Waals surface area contributed by atoms with E-state index in [-0.39, 0.29) is 6.04 Å². The van der Waals surface area contributed by atoms with Crippen molar-refractivity contribution in [1.82, 2.24) is 5.32 Å². The van der Waals surface area contributed by atoms with E-state index in [2.05, 4.69) is 12.2 Å². The first kappa shape index (κ1) is 12.5. The molecule has 0 amide bonds. The summed E-state index contributed by atoms with van der Waals surface area (Å²) in [6.45, 7) is 5.30. The topological polar surface area (TPSA) is 58.6 Å². The van der Waals surface area contributed by atoms with Crippen molar-refractivity contribution in [2.24, 2.45) is 0 Å². The van der Waals surface area contributed by atoms with Crippen molar-refractivity contribution in [2.45, 2.75) is 51.1 Å². The maximum absolute atomic E-state index is 11.4. The van der Waals surface area contributed by atoms with Crippen LogP contribution >= 0.6 is 0 Å². The third-order valence-corrected chi connectivity index (χ3v) is 3.11. The predicted molar refractivity (Wildman–Crippen MR) is 57.9 cm³/mol. The van der Waals surface area contributed by atoms with Crippen molar-refractivity contribution in [3.8, 4) is 0 Å². The highest BCUT2D eigenvalue weighted by Gasteiger charge is 2.39. The van der Waals surface area contributed by atoms with Crippen molar-refractivity contribution in [1.29, 1.82) is 0 Å². The predicted octanol–water partition coefficient (Wildman–Crippen LogP) is 1.40. The first-order chi connectivity index (χ1) is 7.10. The summed E-state index contributed by atoms with van der Waals surface area (Å²) in [5, 5.41) is 12.6. The zero-order chi connectivity index (χ0) is 11.3. The van der Waals surface area contributed by atoms with Gasteiger partial charge in [-0.25, -0.2) is 0 Å². The van der Waals surface area contributed by atoms with E-state index < -0.39 is 11.5 Å². The van der Waals surface area contributed by atoms with E-state index >= 15 is 0 Å². The molecule has 15 heavy (non-hydrogen) atoms. The Morgan fingerprint density at radius 2 is 2.27 bits per heavy atom. The quantitative estimate of drug-likeness (QED) is 0.744. The normalized spacial score (nSPS) is 29.5. The Labute approximate surface area is 91.0 Å². The summed E-state index contributed by atoms with van der Waals surface area (Å²) in [6, 6.07) is 0.235. The van der Waals surface area contributed by atoms with E-state index in [1.165, 1.54) is 0 Å². The van der Waals surface area contributed by atoms with Crippen molar-refractivity contribution < 1.29 is 14.6 Å². The lowest BCUT2D eigenvalue weighted by Crippen LogP contribution is -2.55. The SMILES string of the molecule is CCC(C)NC1(C(=O)O)CCCOCC1. The minimum absolute atomic E-state index is 0.235. The summed E-state index contributed by atoms with van der Waals surface area (Å²) >= 11 is 0. The molecule has 0 aliphatic carbocycles. The maximum Gasteiger partial charge on any atom is 0.323 e. The zero-order valence-corrected chi connectivity index (χ0v) is 9.58. The first-order valence-corrected chi connectivity index (χ1v) is 5.69. The van der Waals surface area contributed by atoms with Gasteiger partial charge in [0.05, 0.1) is 0 Å². The molecule has 1 aliphatic heterocycles. The van der Waals surface area contributed by atoms with Gasteiger partial charge in [0.1, 0.15) is 5.54 Å². The second-order valence-corrected chi connectivity index (χ2v) is 4.31. The molecule has 1 aliphatic rings. The Balaban J connectivity index is 2.71. The highest BCUT2D eigenvalue weighted by atomic mass is 16.5. The van der Waals surface area contributed by atoms with Crippen LogP contribution in [0, 0.1) is 0 Å². The van der Waals surface area contributed by atoms with Crippen LogP contribution in [0.15, 0.2) is 0 Å². The molecule has 1 heterocycles. The molecule has 0 bridgehead atoms. The summed E-state index contributed by atoms with van der Waals surface area (Å²) in [6.07, 6.45) is 2.98. The van der Waals surface area contributed by atoms with Gasteiger partial charge in [-0.05, 0) is 32.6 Å². The van der Waals surface area contributed by atoms with Crippen LogP contribution in [0.2, 0.25) is 0 Å². The van der Waals surface area contributed by atoms with Gasteiger partial charge in [-0.15, -0.1) is 0 Å². The fraction of sp³-hybridized carbons (Fsp3) is 0.909. The average Bonchev–Trinajstić information content (AvgIpc) is 2.44. The van der Waals surface area contributed by atoms with E-state index in [0.29, 0.717) is 26.1 Å². The molecule has 2 unspecified atom stereocenters. The fourth-order valence-electron chi connectivity index (χ4n) is 1.94. The molecule has 0 aromatic carbocycles. The minimum Gasteiger partial charge on any atom is -0.480 e.